The topological polar surface area (TPSA) is 62.1 Å². The number of nitrogens with zero attached hydrogens (tertiary/aromatic N) is 6. The molecule has 3 fully saturated rings. The Labute approximate surface area is 131 Å². The van der Waals surface area contributed by atoms with E-state index in [1.165, 1.54) is 26.2 Å². The van der Waals surface area contributed by atoms with Crippen LogP contribution in [0.25, 0.3) is 11.0 Å². The van der Waals surface area contributed by atoms with Crippen LogP contribution in [0.1, 0.15) is 0 Å². The van der Waals surface area contributed by atoms with Gasteiger partial charge in [-0.3, -0.25) is 9.80 Å². The van der Waals surface area contributed by atoms with Gasteiger partial charge in [0.05, 0.1) is 5.39 Å². The molecule has 1 unspecified atom stereocenters. The molecule has 1 atom stereocenters. The van der Waals surface area contributed by atoms with Crippen LogP contribution in [0.15, 0.2) is 10.9 Å². The molecule has 112 valence electrons. The van der Waals surface area contributed by atoms with Crippen molar-refractivity contribution in [2.45, 2.75) is 6.04 Å². The Kier molecular flexibility index (Phi) is 3.31. The minimum atomic E-state index is 0.563. The van der Waals surface area contributed by atoms with Crippen LogP contribution in [-0.4, -0.2) is 74.9 Å². The molecule has 0 saturated carbocycles. The van der Waals surface area contributed by atoms with Crippen LogP contribution in [0.5, 0.6) is 0 Å². The third-order valence-electron chi connectivity index (χ3n) is 4.48. The van der Waals surface area contributed by atoms with Crippen LogP contribution < -0.4 is 5.32 Å². The Bertz CT molecular complexity index is 662. The maximum atomic E-state index is 4.39. The molecule has 1 N–H and O–H groups in total. The third kappa shape index (κ3) is 2.31. The average molecular weight is 352 g/mol. The van der Waals surface area contributed by atoms with Crippen molar-refractivity contribution in [1.82, 2.24) is 29.5 Å². The maximum Gasteiger partial charge on any atom is 0.164 e. The zero-order valence-corrected chi connectivity index (χ0v) is 13.5. The van der Waals surface area contributed by atoms with E-state index in [0.29, 0.717) is 6.04 Å². The first kappa shape index (κ1) is 13.4. The van der Waals surface area contributed by atoms with Gasteiger partial charge >= 0.3 is 0 Å². The molecule has 3 aliphatic heterocycles. The van der Waals surface area contributed by atoms with E-state index < -0.39 is 0 Å². The van der Waals surface area contributed by atoms with E-state index >= 15 is 0 Å². The zero-order chi connectivity index (χ0) is 14.4. The van der Waals surface area contributed by atoms with Crippen LogP contribution in [0.4, 0.5) is 5.82 Å². The largest absolute Gasteiger partial charge is 0.368 e. The summed E-state index contributed by atoms with van der Waals surface area (Å²) in [5.41, 5.74) is 0.841. The highest BCUT2D eigenvalue weighted by Gasteiger charge is 2.31. The van der Waals surface area contributed by atoms with Crippen molar-refractivity contribution >= 4 is 32.8 Å². The lowest BCUT2D eigenvalue weighted by Crippen LogP contribution is -2.62. The fourth-order valence-electron chi connectivity index (χ4n) is 3.31. The minimum absolute atomic E-state index is 0.563. The molecular weight excluding hydrogens is 334 g/mol. The Balaban J connectivity index is 1.55. The summed E-state index contributed by atoms with van der Waals surface area (Å²) in [6.07, 6.45) is 1.59. The summed E-state index contributed by atoms with van der Waals surface area (Å²) < 4.78 is 2.56. The fourth-order valence-corrected chi connectivity index (χ4v) is 3.91. The number of hydrogen-bond donors (Lipinski definition) is 1. The molecule has 5 heterocycles. The SMILES string of the molecule is Cn1nc(Br)c2c(NCC3CN4CCN3CC4)ncnc21. The van der Waals surface area contributed by atoms with Gasteiger partial charge in [-0.2, -0.15) is 5.10 Å². The number of aromatic nitrogens is 4. The molecule has 8 heteroatoms. The lowest BCUT2D eigenvalue weighted by Gasteiger charge is -2.47. The standard InChI is InChI=1S/C13H18BrN7/c1-19-13-10(11(14)18-19)12(16-8-17-13)15-6-9-7-20-2-4-21(9)5-3-20/h8-9H,2-7H2,1H3,(H,15,16,17). The molecule has 0 aromatic carbocycles. The molecule has 3 saturated heterocycles. The van der Waals surface area contributed by atoms with Gasteiger partial charge in [-0.05, 0) is 15.9 Å². The van der Waals surface area contributed by atoms with Gasteiger partial charge in [0.25, 0.3) is 0 Å². The van der Waals surface area contributed by atoms with Gasteiger partial charge in [0.1, 0.15) is 16.7 Å². The number of anilines is 1. The predicted octanol–water partition coefficient (Wildman–Crippen LogP) is 0.537. The number of nitrogens with one attached hydrogen (secondary N) is 1. The first-order valence-electron chi connectivity index (χ1n) is 7.26. The van der Waals surface area contributed by atoms with Gasteiger partial charge in [-0.25, -0.2) is 14.6 Å². The normalized spacial score (nSPS) is 28.2. The van der Waals surface area contributed by atoms with Crippen LogP contribution in [-0.2, 0) is 7.05 Å². The molecule has 3 aliphatic rings. The minimum Gasteiger partial charge on any atom is -0.368 e. The molecule has 5 rings (SSSR count). The van der Waals surface area contributed by atoms with Gasteiger partial charge in [0.2, 0.25) is 0 Å². The molecular formula is C13H18BrN7. The van der Waals surface area contributed by atoms with E-state index in [1.807, 2.05) is 7.05 Å². The van der Waals surface area contributed by atoms with Gasteiger partial charge in [-0.15, -0.1) is 0 Å². The average Bonchev–Trinajstić information content (AvgIpc) is 2.82. The summed E-state index contributed by atoms with van der Waals surface area (Å²) in [6.45, 7) is 6.84. The van der Waals surface area contributed by atoms with Gasteiger partial charge < -0.3 is 5.32 Å². The number of hydrogen-bond acceptors (Lipinski definition) is 6. The number of rotatable bonds is 3. The van der Waals surface area contributed by atoms with Crippen LogP contribution in [0.3, 0.4) is 0 Å². The number of fused-ring (bicyclic) bond motifs is 4. The summed E-state index contributed by atoms with van der Waals surface area (Å²) in [5.74, 6) is 0.859. The van der Waals surface area contributed by atoms with Crippen molar-refractivity contribution in [3.05, 3.63) is 10.9 Å². The van der Waals surface area contributed by atoms with Crippen molar-refractivity contribution in [2.24, 2.45) is 7.05 Å². The smallest absolute Gasteiger partial charge is 0.164 e. The highest BCUT2D eigenvalue weighted by Crippen LogP contribution is 2.27. The van der Waals surface area contributed by atoms with Crippen molar-refractivity contribution in [1.29, 1.82) is 0 Å². The first-order chi connectivity index (χ1) is 10.2. The highest BCUT2D eigenvalue weighted by atomic mass is 79.9. The fraction of sp³-hybridized carbons (Fsp3) is 0.615. The quantitative estimate of drug-likeness (QED) is 0.870. The molecule has 7 nitrogen and oxygen atoms in total. The maximum absolute atomic E-state index is 4.39. The molecule has 2 bridgehead atoms. The molecule has 2 aromatic rings. The first-order valence-corrected chi connectivity index (χ1v) is 8.05. The van der Waals surface area contributed by atoms with Gasteiger partial charge in [0, 0.05) is 52.4 Å². The summed E-state index contributed by atoms with van der Waals surface area (Å²) in [7, 11) is 1.89. The van der Waals surface area contributed by atoms with Crippen LogP contribution in [0.2, 0.25) is 0 Å². The lowest BCUT2D eigenvalue weighted by molar-refractivity contribution is 0.0189. The second-order valence-corrected chi connectivity index (χ2v) is 6.46. The Morgan fingerprint density at radius 2 is 2.10 bits per heavy atom. The lowest BCUT2D eigenvalue weighted by atomic mass is 10.1. The van der Waals surface area contributed by atoms with Gasteiger partial charge in [-0.1, -0.05) is 0 Å². The predicted molar refractivity (Wildman–Crippen MR) is 84.3 cm³/mol. The van der Waals surface area contributed by atoms with E-state index in [4.69, 9.17) is 0 Å². The molecule has 0 amide bonds. The van der Waals surface area contributed by atoms with Crippen molar-refractivity contribution in [3.63, 3.8) is 0 Å². The van der Waals surface area contributed by atoms with Crippen LogP contribution >= 0.6 is 15.9 Å². The monoisotopic (exact) mass is 351 g/mol. The van der Waals surface area contributed by atoms with E-state index in [0.717, 1.165) is 34.5 Å². The number of piperazine rings is 3. The second-order valence-electron chi connectivity index (χ2n) is 5.71. The number of aryl methyl sites for hydroxylation is 1. The van der Waals surface area contributed by atoms with Crippen LogP contribution in [0, 0.1) is 0 Å². The molecule has 21 heavy (non-hydrogen) atoms. The summed E-state index contributed by atoms with van der Waals surface area (Å²) in [4.78, 5) is 13.8. The van der Waals surface area contributed by atoms with Crippen molar-refractivity contribution < 1.29 is 0 Å². The molecule has 2 aromatic heterocycles. The van der Waals surface area contributed by atoms with Crippen molar-refractivity contribution in [2.75, 3.05) is 44.6 Å². The van der Waals surface area contributed by atoms with E-state index in [9.17, 15) is 0 Å². The van der Waals surface area contributed by atoms with Gasteiger partial charge in [0.15, 0.2) is 5.65 Å². The Hall–Kier alpha value is -1.25. The third-order valence-corrected chi connectivity index (χ3v) is 5.03. The summed E-state index contributed by atoms with van der Waals surface area (Å²) >= 11 is 3.50. The summed E-state index contributed by atoms with van der Waals surface area (Å²) in [6, 6.07) is 0.563. The molecule has 0 aliphatic carbocycles. The van der Waals surface area contributed by atoms with E-state index in [2.05, 4.69) is 46.1 Å². The zero-order valence-electron chi connectivity index (χ0n) is 12.0. The Morgan fingerprint density at radius 3 is 2.81 bits per heavy atom. The highest BCUT2D eigenvalue weighted by molar-refractivity contribution is 9.10. The Morgan fingerprint density at radius 1 is 1.29 bits per heavy atom. The molecule has 0 spiro atoms. The summed E-state index contributed by atoms with van der Waals surface area (Å²) in [5, 5.41) is 8.80. The van der Waals surface area contributed by atoms with E-state index in [1.54, 1.807) is 11.0 Å². The van der Waals surface area contributed by atoms with Crippen molar-refractivity contribution in [3.8, 4) is 0 Å². The second kappa shape index (κ2) is 5.19. The number of halogens is 1. The van der Waals surface area contributed by atoms with E-state index in [-0.39, 0.29) is 0 Å². The molecule has 0 radical (unpaired) electrons.